The minimum atomic E-state index is -1.42. The highest BCUT2D eigenvalue weighted by Gasteiger charge is 2.25. The average Bonchev–Trinajstić information content (AvgIpc) is 2.87. The van der Waals surface area contributed by atoms with Crippen LogP contribution in [0, 0.1) is 11.6 Å². The second-order valence-corrected chi connectivity index (χ2v) is 9.04. The van der Waals surface area contributed by atoms with E-state index in [2.05, 4.69) is 15.6 Å². The van der Waals surface area contributed by atoms with Gasteiger partial charge in [0.05, 0.1) is 26.8 Å². The maximum Gasteiger partial charge on any atom is 0.326 e. The lowest BCUT2D eigenvalue weighted by Crippen LogP contribution is -2.41. The van der Waals surface area contributed by atoms with Crippen molar-refractivity contribution in [2.45, 2.75) is 18.9 Å². The first-order valence-electron chi connectivity index (χ1n) is 11.3. The largest absolute Gasteiger partial charge is 0.480 e. The monoisotopic (exact) mass is 557 g/mol. The van der Waals surface area contributed by atoms with E-state index < -0.39 is 41.0 Å². The highest BCUT2D eigenvalue weighted by molar-refractivity contribution is 6.40. The van der Waals surface area contributed by atoms with Gasteiger partial charge in [0, 0.05) is 11.6 Å². The summed E-state index contributed by atoms with van der Waals surface area (Å²) in [6.07, 6.45) is 1.62. The molecule has 0 aliphatic rings. The molecule has 3 aromatic carbocycles. The number of fused-ring (bicyclic) bond motifs is 1. The first kappa shape index (κ1) is 27.0. The summed E-state index contributed by atoms with van der Waals surface area (Å²) >= 11 is 12.3. The summed E-state index contributed by atoms with van der Waals surface area (Å²) in [4.78, 5) is 41.4. The molecule has 7 nitrogen and oxygen atoms in total. The average molecular weight is 558 g/mol. The second kappa shape index (κ2) is 11.5. The summed E-state index contributed by atoms with van der Waals surface area (Å²) in [5.41, 5.74) is 0.746. The van der Waals surface area contributed by atoms with Crippen LogP contribution in [0.2, 0.25) is 10.0 Å². The van der Waals surface area contributed by atoms with Crippen LogP contribution in [-0.4, -0.2) is 33.9 Å². The van der Waals surface area contributed by atoms with Crippen LogP contribution in [0.15, 0.2) is 66.9 Å². The molecule has 0 unspecified atom stereocenters. The van der Waals surface area contributed by atoms with Crippen molar-refractivity contribution < 1.29 is 28.3 Å². The highest BCUT2D eigenvalue weighted by Crippen LogP contribution is 2.29. The molecule has 11 heteroatoms. The summed E-state index contributed by atoms with van der Waals surface area (Å²) in [6.45, 7) is 0. The number of nitrogens with zero attached hydrogens (tertiary/aromatic N) is 1. The van der Waals surface area contributed by atoms with Gasteiger partial charge >= 0.3 is 5.97 Å². The number of halogens is 4. The van der Waals surface area contributed by atoms with Crippen LogP contribution >= 0.6 is 23.2 Å². The van der Waals surface area contributed by atoms with E-state index in [1.165, 1.54) is 6.20 Å². The fourth-order valence-electron chi connectivity index (χ4n) is 3.95. The molecule has 194 valence electrons. The third-order valence-electron chi connectivity index (χ3n) is 5.79. The maximum atomic E-state index is 14.0. The molecule has 1 heterocycles. The van der Waals surface area contributed by atoms with E-state index in [-0.39, 0.29) is 28.5 Å². The smallest absolute Gasteiger partial charge is 0.326 e. The SMILES string of the molecule is O=C(N[C@@H](CCc1ccc(NC(=O)c2c(Cl)cccc2Cl)c2ncccc12)C(=O)O)c1c(F)cccc1F. The Kier molecular flexibility index (Phi) is 8.19. The number of aliphatic carboxylic acids is 1. The molecular weight excluding hydrogens is 539 g/mol. The molecular formula is C27H19Cl2F2N3O4. The lowest BCUT2D eigenvalue weighted by molar-refractivity contribution is -0.139. The third-order valence-corrected chi connectivity index (χ3v) is 6.42. The summed E-state index contributed by atoms with van der Waals surface area (Å²) in [5.74, 6) is -5.26. The molecule has 0 radical (unpaired) electrons. The molecule has 0 saturated heterocycles. The fraction of sp³-hybridized carbons (Fsp3) is 0.111. The van der Waals surface area contributed by atoms with Crippen LogP contribution in [0.25, 0.3) is 10.9 Å². The maximum absolute atomic E-state index is 14.0. The Morgan fingerprint density at radius 2 is 1.53 bits per heavy atom. The van der Waals surface area contributed by atoms with Crippen LogP contribution in [0.1, 0.15) is 32.7 Å². The first-order valence-corrected chi connectivity index (χ1v) is 12.0. The molecule has 4 rings (SSSR count). The number of aromatic nitrogens is 1. The van der Waals surface area contributed by atoms with Crippen LogP contribution in [0.4, 0.5) is 14.5 Å². The quantitative estimate of drug-likeness (QED) is 0.250. The van der Waals surface area contributed by atoms with Gasteiger partial charge in [-0.05, 0) is 54.8 Å². The minimum absolute atomic E-state index is 0.0813. The number of amides is 2. The Morgan fingerprint density at radius 1 is 0.868 bits per heavy atom. The topological polar surface area (TPSA) is 108 Å². The zero-order chi connectivity index (χ0) is 27.4. The van der Waals surface area contributed by atoms with Gasteiger partial charge in [-0.2, -0.15) is 0 Å². The van der Waals surface area contributed by atoms with Gasteiger partial charge in [-0.15, -0.1) is 0 Å². The predicted molar refractivity (Wildman–Crippen MR) is 140 cm³/mol. The first-order chi connectivity index (χ1) is 18.2. The number of carboxylic acid groups (broad SMARTS) is 1. The number of anilines is 1. The number of pyridine rings is 1. The van der Waals surface area contributed by atoms with Gasteiger partial charge in [-0.25, -0.2) is 13.6 Å². The lowest BCUT2D eigenvalue weighted by atomic mass is 9.99. The van der Waals surface area contributed by atoms with E-state index in [9.17, 15) is 28.3 Å². The normalized spacial score (nSPS) is 11.7. The standard InChI is InChI=1S/C27H19Cl2F2N3O4/c28-16-5-1-6-17(29)22(16)25(35)33-20-11-9-14(15-4-3-13-32-24(15)20)10-12-21(27(37)38)34-26(36)23-18(30)7-2-8-19(23)31/h1-9,11,13,21H,10,12H2,(H,33,35)(H,34,36)(H,37,38)/t21-/m0/s1. The Bertz CT molecular complexity index is 1520. The fourth-order valence-corrected chi connectivity index (χ4v) is 4.52. The molecule has 0 aliphatic heterocycles. The van der Waals surface area contributed by atoms with E-state index in [1.807, 2.05) is 0 Å². The Hall–Kier alpha value is -4.08. The van der Waals surface area contributed by atoms with E-state index in [1.54, 1.807) is 42.5 Å². The lowest BCUT2D eigenvalue weighted by Gasteiger charge is -2.17. The van der Waals surface area contributed by atoms with Gasteiger partial charge in [0.15, 0.2) is 0 Å². The Morgan fingerprint density at radius 3 is 2.18 bits per heavy atom. The minimum Gasteiger partial charge on any atom is -0.480 e. The van der Waals surface area contributed by atoms with E-state index in [0.29, 0.717) is 22.2 Å². The molecule has 1 atom stereocenters. The predicted octanol–water partition coefficient (Wildman–Crippen LogP) is 5.89. The van der Waals surface area contributed by atoms with Crippen LogP contribution in [0.5, 0.6) is 0 Å². The molecule has 4 aromatic rings. The number of nitrogens with one attached hydrogen (secondary N) is 2. The molecule has 0 saturated carbocycles. The van der Waals surface area contributed by atoms with Crippen molar-refractivity contribution in [3.8, 4) is 0 Å². The van der Waals surface area contributed by atoms with Crippen molar-refractivity contribution >= 4 is 57.6 Å². The van der Waals surface area contributed by atoms with Crippen molar-refractivity contribution in [2.75, 3.05) is 5.32 Å². The highest BCUT2D eigenvalue weighted by atomic mass is 35.5. The van der Waals surface area contributed by atoms with Crippen molar-refractivity contribution in [3.63, 3.8) is 0 Å². The molecule has 38 heavy (non-hydrogen) atoms. The number of carbonyl (C=O) groups excluding carboxylic acids is 2. The summed E-state index contributed by atoms with van der Waals surface area (Å²) < 4.78 is 27.9. The number of carbonyl (C=O) groups is 3. The zero-order valence-corrected chi connectivity index (χ0v) is 21.0. The molecule has 0 fully saturated rings. The second-order valence-electron chi connectivity index (χ2n) is 8.22. The number of rotatable bonds is 8. The van der Waals surface area contributed by atoms with Crippen LogP contribution in [-0.2, 0) is 11.2 Å². The number of hydrogen-bond donors (Lipinski definition) is 3. The summed E-state index contributed by atoms with van der Waals surface area (Å²) in [7, 11) is 0. The van der Waals surface area contributed by atoms with E-state index in [0.717, 1.165) is 18.2 Å². The van der Waals surface area contributed by atoms with Gasteiger partial charge in [-0.1, -0.05) is 47.5 Å². The van der Waals surface area contributed by atoms with Gasteiger partial charge < -0.3 is 15.7 Å². The van der Waals surface area contributed by atoms with Gasteiger partial charge in [0.1, 0.15) is 23.2 Å². The van der Waals surface area contributed by atoms with E-state index in [4.69, 9.17) is 23.2 Å². The zero-order valence-electron chi connectivity index (χ0n) is 19.5. The van der Waals surface area contributed by atoms with Crippen LogP contribution < -0.4 is 10.6 Å². The Labute approximate surface area is 225 Å². The molecule has 2 amide bonds. The third kappa shape index (κ3) is 5.74. The van der Waals surface area contributed by atoms with Gasteiger partial charge in [0.2, 0.25) is 0 Å². The number of benzene rings is 3. The number of carboxylic acids is 1. The molecule has 0 bridgehead atoms. The van der Waals surface area contributed by atoms with Gasteiger partial charge in [0.25, 0.3) is 11.8 Å². The molecule has 0 spiro atoms. The Balaban J connectivity index is 1.55. The molecule has 1 aromatic heterocycles. The van der Waals surface area contributed by atoms with Crippen LogP contribution in [0.3, 0.4) is 0 Å². The number of aryl methyl sites for hydroxylation is 1. The van der Waals surface area contributed by atoms with Crippen molar-refractivity contribution in [1.82, 2.24) is 10.3 Å². The van der Waals surface area contributed by atoms with Crippen molar-refractivity contribution in [3.05, 3.63) is 105 Å². The van der Waals surface area contributed by atoms with Gasteiger partial charge in [-0.3, -0.25) is 14.6 Å². The van der Waals surface area contributed by atoms with Crippen molar-refractivity contribution in [1.29, 1.82) is 0 Å². The number of hydrogen-bond acceptors (Lipinski definition) is 4. The molecule has 0 aliphatic carbocycles. The molecule has 3 N–H and O–H groups in total. The summed E-state index contributed by atoms with van der Waals surface area (Å²) in [5, 5.41) is 15.5. The van der Waals surface area contributed by atoms with E-state index >= 15 is 0 Å². The summed E-state index contributed by atoms with van der Waals surface area (Å²) in [6, 6.07) is 12.9. The van der Waals surface area contributed by atoms with Crippen molar-refractivity contribution in [2.24, 2.45) is 0 Å².